The van der Waals surface area contributed by atoms with Gasteiger partial charge in [0.1, 0.15) is 13.2 Å². The third-order valence-corrected chi connectivity index (χ3v) is 16.0. The molecule has 0 spiro atoms. The Bertz CT molecular complexity index is 1440. The minimum absolute atomic E-state index is 0.0775. The van der Waals surface area contributed by atoms with Gasteiger partial charge in [-0.25, -0.2) is 0 Å². The van der Waals surface area contributed by atoms with E-state index in [1.54, 1.807) is 0 Å². The molecule has 0 saturated carbocycles. The van der Waals surface area contributed by atoms with E-state index < -0.39 is 6.10 Å². The molecule has 0 aromatic heterocycles. The molecular weight excluding hydrogens is 997 g/mol. The smallest absolute Gasteiger partial charge is 0.306 e. The molecule has 1 atom stereocenters. The van der Waals surface area contributed by atoms with Gasteiger partial charge in [0.15, 0.2) is 6.10 Å². The Balaban J connectivity index is 4.19. The van der Waals surface area contributed by atoms with E-state index in [-0.39, 0.29) is 31.1 Å². The lowest BCUT2D eigenvalue weighted by atomic mass is 10.0. The molecule has 0 aliphatic rings. The highest BCUT2D eigenvalue weighted by Crippen LogP contribution is 2.19. The van der Waals surface area contributed by atoms with Gasteiger partial charge in [0.2, 0.25) is 0 Å². The molecule has 0 aromatic rings. The number of esters is 3. The Kier molecular flexibility index (Phi) is 67.1. The highest BCUT2D eigenvalue weighted by Gasteiger charge is 2.19. The van der Waals surface area contributed by atoms with Crippen molar-refractivity contribution in [1.82, 2.24) is 0 Å². The summed E-state index contributed by atoms with van der Waals surface area (Å²) in [6, 6.07) is 0. The Morgan fingerprint density at radius 2 is 0.481 bits per heavy atom. The van der Waals surface area contributed by atoms with Crippen LogP contribution in [0.25, 0.3) is 0 Å². The maximum absolute atomic E-state index is 12.9. The Morgan fingerprint density at radius 3 is 0.753 bits per heavy atom. The lowest BCUT2D eigenvalue weighted by Crippen LogP contribution is -2.30. The minimum Gasteiger partial charge on any atom is -0.462 e. The van der Waals surface area contributed by atoms with Crippen LogP contribution in [0, 0.1) is 0 Å². The van der Waals surface area contributed by atoms with E-state index in [2.05, 4.69) is 81.5 Å². The molecule has 0 N–H and O–H groups in total. The zero-order chi connectivity index (χ0) is 58.5. The van der Waals surface area contributed by atoms with Crippen molar-refractivity contribution >= 4 is 17.9 Å². The van der Waals surface area contributed by atoms with Crippen molar-refractivity contribution in [3.63, 3.8) is 0 Å². The molecule has 0 radical (unpaired) electrons. The van der Waals surface area contributed by atoms with Crippen molar-refractivity contribution in [2.24, 2.45) is 0 Å². The summed E-state index contributed by atoms with van der Waals surface area (Å²) >= 11 is 0. The number of hydrogen-bond donors (Lipinski definition) is 0. The van der Waals surface area contributed by atoms with Crippen LogP contribution in [0.4, 0.5) is 0 Å². The second-order valence-corrected chi connectivity index (χ2v) is 24.1. The predicted molar refractivity (Wildman–Crippen MR) is 353 cm³/mol. The van der Waals surface area contributed by atoms with Gasteiger partial charge < -0.3 is 14.2 Å². The fraction of sp³-hybridized carbons (Fsp3) is 0.827. The van der Waals surface area contributed by atoms with Crippen molar-refractivity contribution in [2.75, 3.05) is 13.2 Å². The van der Waals surface area contributed by atoms with Gasteiger partial charge >= 0.3 is 17.9 Å². The Labute approximate surface area is 504 Å². The molecule has 6 heteroatoms. The van der Waals surface area contributed by atoms with Crippen LogP contribution < -0.4 is 0 Å². The SMILES string of the molecule is CC/C=C\C/C=C\C/C=C\C/C=C\C/C=C\CCCCCCCC(=O)OC(COC(=O)CCCCCCCCCCCCCC)COC(=O)CCCCCCCCCCCCCCCCCCCCCCCCCCCCCCCC. The molecule has 472 valence electrons. The summed E-state index contributed by atoms with van der Waals surface area (Å²) in [4.78, 5) is 38.4. The van der Waals surface area contributed by atoms with E-state index in [1.807, 2.05) is 0 Å². The first-order chi connectivity index (χ1) is 40.0. The van der Waals surface area contributed by atoms with Gasteiger partial charge in [-0.15, -0.1) is 0 Å². The van der Waals surface area contributed by atoms with E-state index >= 15 is 0 Å². The van der Waals surface area contributed by atoms with Gasteiger partial charge in [0.05, 0.1) is 0 Å². The summed E-state index contributed by atoms with van der Waals surface area (Å²) in [5, 5.41) is 0. The average Bonchev–Trinajstić information content (AvgIpc) is 3.47. The summed E-state index contributed by atoms with van der Waals surface area (Å²) in [7, 11) is 0. The van der Waals surface area contributed by atoms with Crippen LogP contribution >= 0.6 is 0 Å². The molecule has 1 unspecified atom stereocenters. The normalized spacial score (nSPS) is 12.4. The first-order valence-corrected chi connectivity index (χ1v) is 35.8. The summed E-state index contributed by atoms with van der Waals surface area (Å²) in [5.74, 6) is -0.873. The first-order valence-electron chi connectivity index (χ1n) is 35.8. The largest absolute Gasteiger partial charge is 0.462 e. The zero-order valence-electron chi connectivity index (χ0n) is 54.3. The number of rotatable bonds is 66. The molecule has 0 aromatic carbocycles. The molecular formula is C75H136O6. The van der Waals surface area contributed by atoms with Gasteiger partial charge in [0.25, 0.3) is 0 Å². The second-order valence-electron chi connectivity index (χ2n) is 24.1. The van der Waals surface area contributed by atoms with Crippen LogP contribution in [0.3, 0.4) is 0 Å². The van der Waals surface area contributed by atoms with Gasteiger partial charge in [0, 0.05) is 19.3 Å². The molecule has 0 bridgehead atoms. The highest BCUT2D eigenvalue weighted by molar-refractivity contribution is 5.71. The number of ether oxygens (including phenoxy) is 3. The number of carbonyl (C=O) groups is 3. The summed E-state index contributed by atoms with van der Waals surface area (Å²) in [5.41, 5.74) is 0. The van der Waals surface area contributed by atoms with E-state index in [4.69, 9.17) is 14.2 Å². The predicted octanol–water partition coefficient (Wildman–Crippen LogP) is 24.7. The van der Waals surface area contributed by atoms with Crippen LogP contribution in [0.2, 0.25) is 0 Å². The van der Waals surface area contributed by atoms with Crippen molar-refractivity contribution in [3.8, 4) is 0 Å². The van der Waals surface area contributed by atoms with Gasteiger partial charge in [-0.3, -0.25) is 14.4 Å². The molecule has 0 saturated heterocycles. The number of unbranched alkanes of at least 4 members (excludes halogenated alkanes) is 45. The molecule has 0 fully saturated rings. The molecule has 0 heterocycles. The van der Waals surface area contributed by atoms with E-state index in [9.17, 15) is 14.4 Å². The Hall–Kier alpha value is -2.89. The summed E-state index contributed by atoms with van der Waals surface area (Å²) < 4.78 is 17.0. The standard InChI is InChI=1S/C75H136O6/c1-4-7-10-13-16-19-22-25-27-29-31-33-34-35-36-37-38-39-40-41-43-44-46-48-50-53-56-59-62-65-68-74(77)80-71-72(70-79-73(76)67-64-61-58-55-52-24-21-18-15-12-9-6-3)81-75(78)69-66-63-60-57-54-51-49-47-45-42-32-30-28-26-23-20-17-14-11-8-5-2/h8,11,17,20,26,28,32,42,47,49,72H,4-7,9-10,12-16,18-19,21-25,27,29-31,33-41,43-46,48,50-71H2,1-3H3/b11-8-,20-17-,28-26-,42-32-,49-47-. The Morgan fingerprint density at radius 1 is 0.259 bits per heavy atom. The van der Waals surface area contributed by atoms with E-state index in [0.717, 1.165) is 109 Å². The molecule has 0 amide bonds. The average molecular weight is 1130 g/mol. The van der Waals surface area contributed by atoms with Crippen molar-refractivity contribution in [1.29, 1.82) is 0 Å². The van der Waals surface area contributed by atoms with E-state index in [1.165, 1.54) is 231 Å². The lowest BCUT2D eigenvalue weighted by Gasteiger charge is -2.18. The maximum atomic E-state index is 12.9. The van der Waals surface area contributed by atoms with Crippen LogP contribution in [-0.2, 0) is 28.6 Å². The van der Waals surface area contributed by atoms with Gasteiger partial charge in [-0.2, -0.15) is 0 Å². The summed E-state index contributed by atoms with van der Waals surface area (Å²) in [6.45, 7) is 6.57. The maximum Gasteiger partial charge on any atom is 0.306 e. The van der Waals surface area contributed by atoms with Crippen LogP contribution in [0.5, 0.6) is 0 Å². The quantitative estimate of drug-likeness (QED) is 0.0261. The topological polar surface area (TPSA) is 78.9 Å². The number of allylic oxidation sites excluding steroid dienone is 10. The van der Waals surface area contributed by atoms with Crippen molar-refractivity contribution in [3.05, 3.63) is 60.8 Å². The third-order valence-electron chi connectivity index (χ3n) is 16.0. The molecule has 0 aliphatic carbocycles. The monoisotopic (exact) mass is 1130 g/mol. The highest BCUT2D eigenvalue weighted by atomic mass is 16.6. The second kappa shape index (κ2) is 69.6. The first kappa shape index (κ1) is 78.1. The molecule has 6 nitrogen and oxygen atoms in total. The van der Waals surface area contributed by atoms with Crippen molar-refractivity contribution in [2.45, 2.75) is 386 Å². The molecule has 0 rings (SSSR count). The van der Waals surface area contributed by atoms with Crippen LogP contribution in [-0.4, -0.2) is 37.2 Å². The van der Waals surface area contributed by atoms with Gasteiger partial charge in [-0.1, -0.05) is 358 Å². The molecule has 81 heavy (non-hydrogen) atoms. The van der Waals surface area contributed by atoms with Crippen molar-refractivity contribution < 1.29 is 28.6 Å². The lowest BCUT2D eigenvalue weighted by molar-refractivity contribution is -0.167. The minimum atomic E-state index is -0.783. The fourth-order valence-corrected chi connectivity index (χ4v) is 10.7. The third kappa shape index (κ3) is 67.8. The van der Waals surface area contributed by atoms with Crippen LogP contribution in [0.1, 0.15) is 380 Å². The molecule has 0 aliphatic heterocycles. The number of hydrogen-bond acceptors (Lipinski definition) is 6. The van der Waals surface area contributed by atoms with Gasteiger partial charge in [-0.05, 0) is 64.2 Å². The zero-order valence-corrected chi connectivity index (χ0v) is 54.3. The fourth-order valence-electron chi connectivity index (χ4n) is 10.7. The van der Waals surface area contributed by atoms with E-state index in [0.29, 0.717) is 19.3 Å². The summed E-state index contributed by atoms with van der Waals surface area (Å²) in [6.07, 6.45) is 89.8. The van der Waals surface area contributed by atoms with Crippen LogP contribution in [0.15, 0.2) is 60.8 Å². The number of carbonyl (C=O) groups excluding carboxylic acids is 3.